The number of carboxylic acids is 1. The third kappa shape index (κ3) is 5.25. The van der Waals surface area contributed by atoms with Crippen LogP contribution in [0.15, 0.2) is 18.2 Å². The maximum absolute atomic E-state index is 12.3. The highest BCUT2D eigenvalue weighted by Gasteiger charge is 2.18. The summed E-state index contributed by atoms with van der Waals surface area (Å²) in [6.45, 7) is -1.12. The van der Waals surface area contributed by atoms with Gasteiger partial charge in [0.1, 0.15) is 0 Å². The van der Waals surface area contributed by atoms with Crippen LogP contribution in [0.1, 0.15) is 24.9 Å². The van der Waals surface area contributed by atoms with E-state index in [2.05, 4.69) is 10.1 Å². The van der Waals surface area contributed by atoms with Crippen molar-refractivity contribution < 1.29 is 33.0 Å². The summed E-state index contributed by atoms with van der Waals surface area (Å²) in [5.74, 6) is -1.21. The first-order chi connectivity index (χ1) is 9.97. The molecule has 0 aliphatic rings. The fraction of sp³-hybridized carbons (Fsp3) is 0.385. The van der Waals surface area contributed by atoms with Gasteiger partial charge in [0.2, 0.25) is 6.41 Å². The molecular weight excluding hydrogens is 288 g/mol. The summed E-state index contributed by atoms with van der Waals surface area (Å²) in [5, 5.41) is 11.2. The van der Waals surface area contributed by atoms with E-state index in [0.717, 1.165) is 0 Å². The van der Waals surface area contributed by atoms with Crippen LogP contribution < -0.4 is 14.8 Å². The van der Waals surface area contributed by atoms with E-state index in [9.17, 15) is 18.4 Å². The number of nitrogens with one attached hydrogen (secondary N) is 1. The molecule has 1 aromatic carbocycles. The van der Waals surface area contributed by atoms with Crippen LogP contribution in [0.4, 0.5) is 8.78 Å². The van der Waals surface area contributed by atoms with E-state index in [4.69, 9.17) is 9.84 Å². The van der Waals surface area contributed by atoms with Crippen LogP contribution >= 0.6 is 0 Å². The normalized spacial score (nSPS) is 11.8. The Kier molecular flexibility index (Phi) is 6.38. The minimum Gasteiger partial charge on any atom is -0.490 e. The van der Waals surface area contributed by atoms with Gasteiger partial charge in [-0.1, -0.05) is 6.07 Å². The molecule has 1 rings (SSSR count). The highest BCUT2D eigenvalue weighted by Crippen LogP contribution is 2.32. The molecule has 1 aromatic rings. The molecule has 0 spiro atoms. The number of rotatable bonds is 9. The Morgan fingerprint density at radius 2 is 2.14 bits per heavy atom. The fourth-order valence-corrected chi connectivity index (χ4v) is 1.73. The number of aliphatic carboxylic acids is 1. The summed E-state index contributed by atoms with van der Waals surface area (Å²) in [6.07, 6.45) is 0.0247. The van der Waals surface area contributed by atoms with Crippen molar-refractivity contribution >= 4 is 12.4 Å². The number of benzene rings is 1. The predicted molar refractivity (Wildman–Crippen MR) is 68.4 cm³/mol. The van der Waals surface area contributed by atoms with E-state index in [1.165, 1.54) is 18.2 Å². The van der Waals surface area contributed by atoms with Gasteiger partial charge >= 0.3 is 12.6 Å². The van der Waals surface area contributed by atoms with Crippen molar-refractivity contribution in [3.63, 3.8) is 0 Å². The van der Waals surface area contributed by atoms with Crippen molar-refractivity contribution in [2.45, 2.75) is 26.0 Å². The SMILES string of the molecule is CCOc1cc(C(CC(=O)O)NC=O)ccc1OC(F)F. The molecule has 1 atom stereocenters. The molecular formula is C13H15F2NO5. The monoisotopic (exact) mass is 303 g/mol. The quantitative estimate of drug-likeness (QED) is 0.681. The Hall–Kier alpha value is -2.38. The fourth-order valence-electron chi connectivity index (χ4n) is 1.73. The highest BCUT2D eigenvalue weighted by molar-refractivity contribution is 5.68. The Labute approximate surface area is 119 Å². The van der Waals surface area contributed by atoms with Crippen LogP contribution in [-0.4, -0.2) is 30.7 Å². The molecule has 0 bridgehead atoms. The summed E-state index contributed by atoms with van der Waals surface area (Å²) in [5.41, 5.74) is 0.412. The Balaban J connectivity index is 3.08. The van der Waals surface area contributed by atoms with E-state index in [0.29, 0.717) is 12.0 Å². The molecule has 8 heteroatoms. The molecule has 2 N–H and O–H groups in total. The molecule has 0 radical (unpaired) electrons. The third-order valence-corrected chi connectivity index (χ3v) is 2.53. The van der Waals surface area contributed by atoms with Crippen LogP contribution in [0, 0.1) is 0 Å². The number of alkyl halides is 2. The number of carboxylic acid groups (broad SMARTS) is 1. The van der Waals surface area contributed by atoms with Gasteiger partial charge in [0, 0.05) is 0 Å². The largest absolute Gasteiger partial charge is 0.490 e. The summed E-state index contributed by atoms with van der Waals surface area (Å²) < 4.78 is 34.1. The van der Waals surface area contributed by atoms with Gasteiger partial charge in [0.15, 0.2) is 11.5 Å². The standard InChI is InChI=1S/C13H15F2NO5/c1-2-20-11-5-8(3-4-10(11)21-13(14)15)9(16-7-17)6-12(18)19/h3-5,7,9,13H,2,6H2,1H3,(H,16,17)(H,18,19). The lowest BCUT2D eigenvalue weighted by molar-refractivity contribution is -0.137. The molecule has 0 aliphatic heterocycles. The first-order valence-corrected chi connectivity index (χ1v) is 6.11. The minimum atomic E-state index is -3.00. The predicted octanol–water partition coefficient (Wildman–Crippen LogP) is 1.95. The summed E-state index contributed by atoms with van der Waals surface area (Å²) >= 11 is 0. The van der Waals surface area contributed by atoms with Gasteiger partial charge in [-0.15, -0.1) is 0 Å². The Morgan fingerprint density at radius 1 is 1.43 bits per heavy atom. The summed E-state index contributed by atoms with van der Waals surface area (Å²) in [4.78, 5) is 21.3. The van der Waals surface area contributed by atoms with Crippen molar-refractivity contribution in [3.8, 4) is 11.5 Å². The van der Waals surface area contributed by atoms with Crippen molar-refractivity contribution in [3.05, 3.63) is 23.8 Å². The van der Waals surface area contributed by atoms with Gasteiger partial charge < -0.3 is 19.9 Å². The van der Waals surface area contributed by atoms with Gasteiger partial charge in [-0.2, -0.15) is 8.78 Å². The second-order valence-electron chi connectivity index (χ2n) is 3.95. The molecule has 21 heavy (non-hydrogen) atoms. The average molecular weight is 303 g/mol. The number of carbonyl (C=O) groups is 2. The molecule has 0 saturated heterocycles. The summed E-state index contributed by atoms with van der Waals surface area (Å²) in [6, 6.07) is 3.21. The van der Waals surface area contributed by atoms with E-state index in [1.54, 1.807) is 6.92 Å². The van der Waals surface area contributed by atoms with Crippen LogP contribution in [0.2, 0.25) is 0 Å². The molecule has 0 heterocycles. The van der Waals surface area contributed by atoms with Crippen molar-refractivity contribution in [1.29, 1.82) is 0 Å². The molecule has 0 fully saturated rings. The van der Waals surface area contributed by atoms with Gasteiger partial charge in [-0.05, 0) is 24.6 Å². The minimum absolute atomic E-state index is 0.0541. The number of carbonyl (C=O) groups excluding carboxylic acids is 1. The number of hydrogen-bond acceptors (Lipinski definition) is 4. The molecule has 6 nitrogen and oxygen atoms in total. The lowest BCUT2D eigenvalue weighted by Gasteiger charge is -2.17. The zero-order valence-electron chi connectivity index (χ0n) is 11.2. The second kappa shape index (κ2) is 8.03. The van der Waals surface area contributed by atoms with Crippen molar-refractivity contribution in [2.24, 2.45) is 0 Å². The van der Waals surface area contributed by atoms with Crippen LogP contribution in [0.3, 0.4) is 0 Å². The van der Waals surface area contributed by atoms with E-state index in [-0.39, 0.29) is 24.5 Å². The van der Waals surface area contributed by atoms with Crippen LogP contribution in [0.5, 0.6) is 11.5 Å². The lowest BCUT2D eigenvalue weighted by atomic mass is 10.0. The molecule has 0 aromatic heterocycles. The van der Waals surface area contributed by atoms with Gasteiger partial charge in [0.25, 0.3) is 0 Å². The van der Waals surface area contributed by atoms with Crippen molar-refractivity contribution in [2.75, 3.05) is 6.61 Å². The van der Waals surface area contributed by atoms with Gasteiger partial charge in [-0.3, -0.25) is 9.59 Å². The van der Waals surface area contributed by atoms with E-state index < -0.39 is 18.6 Å². The molecule has 116 valence electrons. The van der Waals surface area contributed by atoms with Gasteiger partial charge in [0.05, 0.1) is 19.1 Å². The molecule has 0 aliphatic carbocycles. The first-order valence-electron chi connectivity index (χ1n) is 6.11. The zero-order valence-corrected chi connectivity index (χ0v) is 11.2. The first kappa shape index (κ1) is 16.7. The Morgan fingerprint density at radius 3 is 2.67 bits per heavy atom. The number of halogens is 2. The molecule has 0 saturated carbocycles. The topological polar surface area (TPSA) is 84.9 Å². The number of amides is 1. The van der Waals surface area contributed by atoms with E-state index in [1.807, 2.05) is 0 Å². The molecule has 1 amide bonds. The second-order valence-corrected chi connectivity index (χ2v) is 3.95. The van der Waals surface area contributed by atoms with E-state index >= 15 is 0 Å². The smallest absolute Gasteiger partial charge is 0.387 e. The number of ether oxygens (including phenoxy) is 2. The van der Waals surface area contributed by atoms with Crippen LogP contribution in [-0.2, 0) is 9.59 Å². The maximum atomic E-state index is 12.3. The van der Waals surface area contributed by atoms with Crippen molar-refractivity contribution in [1.82, 2.24) is 5.32 Å². The average Bonchev–Trinajstić information content (AvgIpc) is 2.39. The van der Waals surface area contributed by atoms with Gasteiger partial charge in [-0.25, -0.2) is 0 Å². The van der Waals surface area contributed by atoms with Crippen LogP contribution in [0.25, 0.3) is 0 Å². The lowest BCUT2D eigenvalue weighted by Crippen LogP contribution is -2.22. The molecule has 1 unspecified atom stereocenters. The summed E-state index contributed by atoms with van der Waals surface area (Å²) in [7, 11) is 0. The third-order valence-electron chi connectivity index (χ3n) is 2.53. The highest BCUT2D eigenvalue weighted by atomic mass is 19.3. The number of hydrogen-bond donors (Lipinski definition) is 2. The zero-order chi connectivity index (χ0) is 15.8. The Bertz CT molecular complexity index is 495. The maximum Gasteiger partial charge on any atom is 0.387 e.